The summed E-state index contributed by atoms with van der Waals surface area (Å²) in [5.74, 6) is -1.29. The summed E-state index contributed by atoms with van der Waals surface area (Å²) >= 11 is 0. The van der Waals surface area contributed by atoms with Gasteiger partial charge in [0.2, 0.25) is 0 Å². The summed E-state index contributed by atoms with van der Waals surface area (Å²) in [4.78, 5) is 15.7. The normalized spacial score (nSPS) is 14.2. The van der Waals surface area contributed by atoms with Gasteiger partial charge in [-0.15, -0.1) is 0 Å². The lowest BCUT2D eigenvalue weighted by Gasteiger charge is -2.22. The smallest absolute Gasteiger partial charge is 0.324 e. The molecule has 0 radical (unpaired) electrons. The number of hydrogen-bond acceptors (Lipinski definition) is 4. The molecular weight excluding hydrogens is 328 g/mol. The summed E-state index contributed by atoms with van der Waals surface area (Å²) in [7, 11) is -3.66. The van der Waals surface area contributed by atoms with Gasteiger partial charge in [0.15, 0.2) is 14.6 Å². The summed E-state index contributed by atoms with van der Waals surface area (Å²) < 4.78 is 23.7. The molecule has 1 aromatic carbocycles. The number of imidazole rings is 1. The fraction of sp³-hybridized carbons (Fsp3) is 0.412. The van der Waals surface area contributed by atoms with Crippen LogP contribution in [0, 0.1) is 0 Å². The molecule has 2 aromatic rings. The van der Waals surface area contributed by atoms with E-state index in [0.29, 0.717) is 19.4 Å². The average molecular weight is 350 g/mol. The molecule has 7 heteroatoms. The molecule has 1 heterocycles. The fourth-order valence-electron chi connectivity index (χ4n) is 2.45. The molecule has 0 saturated carbocycles. The lowest BCUT2D eigenvalue weighted by molar-refractivity contribution is -0.139. The molecule has 0 saturated heterocycles. The predicted molar refractivity (Wildman–Crippen MR) is 92.4 cm³/mol. The topological polar surface area (TPSA) is 89.3 Å². The lowest BCUT2D eigenvalue weighted by atomic mass is 10.0. The molecule has 0 amide bonds. The SMILES string of the molecule is CC(CCCCn1cnc(-c2ccccc2)c1)(C(=O)O)S(C)(=O)=O. The predicted octanol–water partition coefficient (Wildman–Crippen LogP) is 2.61. The van der Waals surface area contributed by atoms with E-state index in [1.54, 1.807) is 6.33 Å². The Morgan fingerprint density at radius 2 is 1.92 bits per heavy atom. The van der Waals surface area contributed by atoms with E-state index in [1.807, 2.05) is 41.1 Å². The van der Waals surface area contributed by atoms with Gasteiger partial charge >= 0.3 is 5.97 Å². The Balaban J connectivity index is 1.91. The largest absolute Gasteiger partial charge is 0.480 e. The van der Waals surface area contributed by atoms with Crippen molar-refractivity contribution in [2.75, 3.05) is 6.26 Å². The van der Waals surface area contributed by atoms with Crippen LogP contribution in [0.4, 0.5) is 0 Å². The molecule has 24 heavy (non-hydrogen) atoms. The van der Waals surface area contributed by atoms with Crippen molar-refractivity contribution in [3.8, 4) is 11.3 Å². The first-order valence-corrected chi connectivity index (χ1v) is 9.63. The van der Waals surface area contributed by atoms with E-state index in [1.165, 1.54) is 6.92 Å². The van der Waals surface area contributed by atoms with Crippen LogP contribution in [0.25, 0.3) is 11.3 Å². The molecule has 1 aromatic heterocycles. The molecule has 0 bridgehead atoms. The van der Waals surface area contributed by atoms with Gasteiger partial charge in [-0.2, -0.15) is 0 Å². The number of unbranched alkanes of at least 4 members (excludes halogenated alkanes) is 1. The van der Waals surface area contributed by atoms with E-state index >= 15 is 0 Å². The van der Waals surface area contributed by atoms with Crippen LogP contribution >= 0.6 is 0 Å². The van der Waals surface area contributed by atoms with Crippen molar-refractivity contribution in [1.82, 2.24) is 9.55 Å². The van der Waals surface area contributed by atoms with Crippen LogP contribution < -0.4 is 0 Å². The molecule has 1 N–H and O–H groups in total. The number of benzene rings is 1. The third-order valence-corrected chi connectivity index (χ3v) is 6.31. The van der Waals surface area contributed by atoms with Crippen LogP contribution in [0.15, 0.2) is 42.9 Å². The molecule has 0 aliphatic carbocycles. The second-order valence-corrected chi connectivity index (χ2v) is 8.57. The number of nitrogens with zero attached hydrogens (tertiary/aromatic N) is 2. The van der Waals surface area contributed by atoms with E-state index in [9.17, 15) is 18.3 Å². The molecular formula is C17H22N2O4S. The number of carbonyl (C=O) groups is 1. The second kappa shape index (κ2) is 7.17. The van der Waals surface area contributed by atoms with Crippen LogP contribution in [0.2, 0.25) is 0 Å². The molecule has 1 unspecified atom stereocenters. The molecule has 6 nitrogen and oxygen atoms in total. The maximum atomic E-state index is 11.7. The van der Waals surface area contributed by atoms with Gasteiger partial charge in [0.25, 0.3) is 0 Å². The van der Waals surface area contributed by atoms with E-state index in [-0.39, 0.29) is 6.42 Å². The Kier molecular flexibility index (Phi) is 5.43. The van der Waals surface area contributed by atoms with Crippen LogP contribution in [0.3, 0.4) is 0 Å². The van der Waals surface area contributed by atoms with Crippen molar-refractivity contribution < 1.29 is 18.3 Å². The van der Waals surface area contributed by atoms with Crippen molar-refractivity contribution in [2.24, 2.45) is 0 Å². The minimum absolute atomic E-state index is 0.0986. The number of hydrogen-bond donors (Lipinski definition) is 1. The van der Waals surface area contributed by atoms with Crippen molar-refractivity contribution in [3.05, 3.63) is 42.9 Å². The molecule has 130 valence electrons. The Morgan fingerprint density at radius 1 is 1.25 bits per heavy atom. The first-order valence-electron chi connectivity index (χ1n) is 7.74. The minimum Gasteiger partial charge on any atom is -0.480 e. The van der Waals surface area contributed by atoms with E-state index in [0.717, 1.165) is 17.5 Å². The van der Waals surface area contributed by atoms with E-state index in [4.69, 9.17) is 0 Å². The zero-order chi connectivity index (χ0) is 17.8. The Labute approximate surface area is 142 Å². The van der Waals surface area contributed by atoms with Gasteiger partial charge in [0, 0.05) is 24.6 Å². The highest BCUT2D eigenvalue weighted by atomic mass is 32.2. The van der Waals surface area contributed by atoms with Gasteiger partial charge in [0.05, 0.1) is 12.0 Å². The highest BCUT2D eigenvalue weighted by Crippen LogP contribution is 2.24. The summed E-state index contributed by atoms with van der Waals surface area (Å²) in [5.41, 5.74) is 1.91. The quantitative estimate of drug-likeness (QED) is 0.739. The highest BCUT2D eigenvalue weighted by molar-refractivity contribution is 7.92. The Bertz CT molecular complexity index is 799. The van der Waals surface area contributed by atoms with Gasteiger partial charge in [0.1, 0.15) is 0 Å². The molecule has 0 aliphatic heterocycles. The number of aryl methyl sites for hydroxylation is 1. The maximum absolute atomic E-state index is 11.7. The van der Waals surface area contributed by atoms with E-state index < -0.39 is 20.6 Å². The number of rotatable bonds is 8. The number of carboxylic acid groups (broad SMARTS) is 1. The van der Waals surface area contributed by atoms with Crippen molar-refractivity contribution in [2.45, 2.75) is 37.5 Å². The van der Waals surface area contributed by atoms with Gasteiger partial charge in [-0.05, 0) is 26.2 Å². The average Bonchev–Trinajstić information content (AvgIpc) is 3.00. The fourth-order valence-corrected chi connectivity index (χ4v) is 3.28. The number of sulfone groups is 1. The van der Waals surface area contributed by atoms with Gasteiger partial charge in [-0.3, -0.25) is 4.79 Å². The van der Waals surface area contributed by atoms with Gasteiger partial charge < -0.3 is 9.67 Å². The zero-order valence-electron chi connectivity index (χ0n) is 13.8. The van der Waals surface area contributed by atoms with E-state index in [2.05, 4.69) is 4.98 Å². The molecule has 0 fully saturated rings. The molecule has 2 rings (SSSR count). The highest BCUT2D eigenvalue weighted by Gasteiger charge is 2.42. The lowest BCUT2D eigenvalue weighted by Crippen LogP contribution is -2.43. The Hall–Kier alpha value is -2.15. The molecule has 0 spiro atoms. The molecule has 0 aliphatic rings. The maximum Gasteiger partial charge on any atom is 0.324 e. The summed E-state index contributed by atoms with van der Waals surface area (Å²) in [5, 5.41) is 9.22. The number of aromatic nitrogens is 2. The zero-order valence-corrected chi connectivity index (χ0v) is 14.7. The van der Waals surface area contributed by atoms with Crippen LogP contribution in [0.1, 0.15) is 26.2 Å². The third kappa shape index (κ3) is 4.03. The third-order valence-electron chi connectivity index (χ3n) is 4.29. The second-order valence-electron chi connectivity index (χ2n) is 6.13. The minimum atomic E-state index is -3.66. The molecule has 1 atom stereocenters. The standard InChI is InChI=1S/C17H22N2O4S/c1-17(16(20)21,24(2,22)23)10-6-7-11-19-12-15(18-13-19)14-8-4-3-5-9-14/h3-5,8-9,12-13H,6-7,10-11H2,1-2H3,(H,20,21). The van der Waals surface area contributed by atoms with Gasteiger partial charge in [-0.25, -0.2) is 13.4 Å². The number of carboxylic acids is 1. The van der Waals surface area contributed by atoms with Crippen molar-refractivity contribution in [3.63, 3.8) is 0 Å². The first kappa shape index (κ1) is 18.2. The van der Waals surface area contributed by atoms with Crippen LogP contribution in [0.5, 0.6) is 0 Å². The monoisotopic (exact) mass is 350 g/mol. The van der Waals surface area contributed by atoms with Crippen molar-refractivity contribution in [1.29, 1.82) is 0 Å². The first-order chi connectivity index (χ1) is 11.2. The summed E-state index contributed by atoms with van der Waals surface area (Å²) in [6, 6.07) is 9.81. The van der Waals surface area contributed by atoms with Crippen LogP contribution in [-0.4, -0.2) is 40.0 Å². The van der Waals surface area contributed by atoms with Gasteiger partial charge in [-0.1, -0.05) is 30.3 Å². The summed E-state index contributed by atoms with van der Waals surface area (Å²) in [6.07, 6.45) is 5.93. The van der Waals surface area contributed by atoms with Crippen LogP contribution in [-0.2, 0) is 21.2 Å². The number of aliphatic carboxylic acids is 1. The van der Waals surface area contributed by atoms with Crippen molar-refractivity contribution >= 4 is 15.8 Å². The Morgan fingerprint density at radius 3 is 2.50 bits per heavy atom. The summed E-state index contributed by atoms with van der Waals surface area (Å²) in [6.45, 7) is 1.94.